The molecule has 0 fully saturated rings. The largest absolute Gasteiger partial charge is 0.480 e. The lowest BCUT2D eigenvalue weighted by molar-refractivity contribution is -0.136. The molecule has 0 saturated carbocycles. The number of carbonyl (C=O) groups excluding carboxylic acids is 1. The van der Waals surface area contributed by atoms with Crippen molar-refractivity contribution >= 4 is 17.6 Å². The lowest BCUT2D eigenvalue weighted by Gasteiger charge is -2.24. The summed E-state index contributed by atoms with van der Waals surface area (Å²) in [5.74, 6) is -0.687. The summed E-state index contributed by atoms with van der Waals surface area (Å²) in [6, 6.07) is 8.87. The van der Waals surface area contributed by atoms with Crippen LogP contribution in [0.1, 0.15) is 26.7 Å². The summed E-state index contributed by atoms with van der Waals surface area (Å²) in [5, 5.41) is 9.01. The molecule has 0 saturated heterocycles. The van der Waals surface area contributed by atoms with Gasteiger partial charge in [-0.3, -0.25) is 9.59 Å². The smallest absolute Gasteiger partial charge is 0.323 e. The molecule has 0 aliphatic heterocycles. The van der Waals surface area contributed by atoms with Crippen LogP contribution >= 0.6 is 0 Å². The second-order valence-electron chi connectivity index (χ2n) is 5.64. The molecule has 1 aromatic rings. The van der Waals surface area contributed by atoms with E-state index in [2.05, 4.69) is 13.8 Å². The van der Waals surface area contributed by atoms with Gasteiger partial charge in [0.1, 0.15) is 6.54 Å². The van der Waals surface area contributed by atoms with Gasteiger partial charge in [0, 0.05) is 12.1 Å². The van der Waals surface area contributed by atoms with Gasteiger partial charge in [0.2, 0.25) is 5.91 Å². The number of anilines is 1. The van der Waals surface area contributed by atoms with Crippen molar-refractivity contribution in [1.29, 1.82) is 0 Å². The first-order valence-electron chi connectivity index (χ1n) is 7.21. The summed E-state index contributed by atoms with van der Waals surface area (Å²) in [5.41, 5.74) is 6.32. The summed E-state index contributed by atoms with van der Waals surface area (Å²) in [6.45, 7) is 4.26. The molecule has 5 heteroatoms. The highest BCUT2D eigenvalue weighted by Crippen LogP contribution is 2.19. The maximum Gasteiger partial charge on any atom is 0.323 e. The molecule has 0 aromatic heterocycles. The van der Waals surface area contributed by atoms with Crippen LogP contribution in [0.15, 0.2) is 30.3 Å². The van der Waals surface area contributed by atoms with E-state index < -0.39 is 5.97 Å². The van der Waals surface area contributed by atoms with Gasteiger partial charge in [0.25, 0.3) is 0 Å². The summed E-state index contributed by atoms with van der Waals surface area (Å²) in [4.78, 5) is 24.7. The van der Waals surface area contributed by atoms with Crippen LogP contribution in [-0.2, 0) is 9.59 Å². The molecule has 1 atom stereocenters. The summed E-state index contributed by atoms with van der Waals surface area (Å²) < 4.78 is 0. The van der Waals surface area contributed by atoms with E-state index in [-0.39, 0.29) is 24.8 Å². The normalized spacial score (nSPS) is 12.2. The molecule has 0 spiro atoms. The van der Waals surface area contributed by atoms with Gasteiger partial charge >= 0.3 is 5.97 Å². The topological polar surface area (TPSA) is 83.6 Å². The first-order chi connectivity index (χ1) is 9.93. The van der Waals surface area contributed by atoms with E-state index >= 15 is 0 Å². The number of carboxylic acid groups (broad SMARTS) is 1. The predicted octanol–water partition coefficient (Wildman–Crippen LogP) is 2.12. The fourth-order valence-electron chi connectivity index (χ4n) is 2.35. The van der Waals surface area contributed by atoms with E-state index in [1.807, 2.05) is 6.07 Å². The Bertz CT molecular complexity index is 460. The lowest BCUT2D eigenvalue weighted by Crippen LogP contribution is -2.37. The van der Waals surface area contributed by atoms with Gasteiger partial charge in [0.05, 0.1) is 0 Å². The highest BCUT2D eigenvalue weighted by atomic mass is 16.4. The first kappa shape index (κ1) is 17.2. The third kappa shape index (κ3) is 5.95. The quantitative estimate of drug-likeness (QED) is 0.768. The molecule has 1 aromatic carbocycles. The maximum atomic E-state index is 12.4. The number of rotatable bonds is 8. The van der Waals surface area contributed by atoms with Crippen molar-refractivity contribution in [2.75, 3.05) is 18.0 Å². The van der Waals surface area contributed by atoms with Gasteiger partial charge in [-0.25, -0.2) is 0 Å². The standard InChI is InChI=1S/C16H24N2O3/c1-12(2)8-13(10-17)9-15(19)18(11-16(20)21)14-6-4-3-5-7-14/h3-7,12-13H,8-11,17H2,1-2H3,(H,20,21). The van der Waals surface area contributed by atoms with Crippen LogP contribution in [0.2, 0.25) is 0 Å². The van der Waals surface area contributed by atoms with Crippen LogP contribution in [0.5, 0.6) is 0 Å². The van der Waals surface area contributed by atoms with Gasteiger partial charge in [-0.1, -0.05) is 32.0 Å². The number of benzene rings is 1. The average molecular weight is 292 g/mol. The molecule has 1 rings (SSSR count). The van der Waals surface area contributed by atoms with Crippen LogP contribution in [0.4, 0.5) is 5.69 Å². The van der Waals surface area contributed by atoms with Crippen LogP contribution in [0, 0.1) is 11.8 Å². The zero-order valence-electron chi connectivity index (χ0n) is 12.7. The molecule has 0 aliphatic rings. The molecule has 0 aliphatic carbocycles. The number of nitrogens with two attached hydrogens (primary N) is 1. The predicted molar refractivity (Wildman–Crippen MR) is 83.0 cm³/mol. The van der Waals surface area contributed by atoms with Crippen LogP contribution in [0.3, 0.4) is 0 Å². The second kappa shape index (κ2) is 8.42. The van der Waals surface area contributed by atoms with Crippen molar-refractivity contribution in [3.63, 3.8) is 0 Å². The Morgan fingerprint density at radius 2 is 1.86 bits per heavy atom. The number of nitrogens with zero attached hydrogens (tertiary/aromatic N) is 1. The average Bonchev–Trinajstić information content (AvgIpc) is 2.44. The zero-order chi connectivity index (χ0) is 15.8. The maximum absolute atomic E-state index is 12.4. The number of carboxylic acids is 1. The van der Waals surface area contributed by atoms with E-state index in [0.717, 1.165) is 6.42 Å². The second-order valence-corrected chi connectivity index (χ2v) is 5.64. The Balaban J connectivity index is 2.83. The van der Waals surface area contributed by atoms with Gasteiger partial charge < -0.3 is 15.7 Å². The van der Waals surface area contributed by atoms with Crippen molar-refractivity contribution in [2.24, 2.45) is 17.6 Å². The summed E-state index contributed by atoms with van der Waals surface area (Å²) >= 11 is 0. The Labute approximate surface area is 125 Å². The monoisotopic (exact) mass is 292 g/mol. The molecule has 1 unspecified atom stereocenters. The SMILES string of the molecule is CC(C)CC(CN)CC(=O)N(CC(=O)O)c1ccccc1. The van der Waals surface area contributed by atoms with Crippen molar-refractivity contribution in [3.05, 3.63) is 30.3 Å². The van der Waals surface area contributed by atoms with Gasteiger partial charge in [0.15, 0.2) is 0 Å². The Hall–Kier alpha value is -1.88. The Kier molecular flexibility index (Phi) is 6.88. The molecule has 0 heterocycles. The minimum Gasteiger partial charge on any atom is -0.480 e. The number of para-hydroxylation sites is 1. The van der Waals surface area contributed by atoms with E-state index in [9.17, 15) is 9.59 Å². The van der Waals surface area contributed by atoms with Crippen molar-refractivity contribution in [1.82, 2.24) is 0 Å². The molecular formula is C16H24N2O3. The highest BCUT2D eigenvalue weighted by molar-refractivity contribution is 5.97. The van der Waals surface area contributed by atoms with E-state index in [1.54, 1.807) is 24.3 Å². The van der Waals surface area contributed by atoms with Gasteiger partial charge in [-0.2, -0.15) is 0 Å². The van der Waals surface area contributed by atoms with Crippen molar-refractivity contribution < 1.29 is 14.7 Å². The minimum absolute atomic E-state index is 0.0810. The third-order valence-electron chi connectivity index (χ3n) is 3.26. The fraction of sp³-hybridized carbons (Fsp3) is 0.500. The van der Waals surface area contributed by atoms with Crippen LogP contribution in [-0.4, -0.2) is 30.1 Å². The molecule has 1 amide bonds. The minimum atomic E-state index is -1.03. The number of aliphatic carboxylic acids is 1. The fourth-order valence-corrected chi connectivity index (χ4v) is 2.35. The zero-order valence-corrected chi connectivity index (χ0v) is 12.7. The van der Waals surface area contributed by atoms with E-state index in [1.165, 1.54) is 4.90 Å². The Morgan fingerprint density at radius 1 is 1.24 bits per heavy atom. The van der Waals surface area contributed by atoms with Crippen LogP contribution in [0.25, 0.3) is 0 Å². The van der Waals surface area contributed by atoms with Crippen molar-refractivity contribution in [2.45, 2.75) is 26.7 Å². The number of amides is 1. The molecular weight excluding hydrogens is 268 g/mol. The molecule has 0 radical (unpaired) electrons. The molecule has 3 N–H and O–H groups in total. The van der Waals surface area contributed by atoms with Gasteiger partial charge in [-0.05, 0) is 36.9 Å². The highest BCUT2D eigenvalue weighted by Gasteiger charge is 2.22. The van der Waals surface area contributed by atoms with Crippen molar-refractivity contribution in [3.8, 4) is 0 Å². The molecule has 21 heavy (non-hydrogen) atoms. The summed E-state index contributed by atoms with van der Waals surface area (Å²) in [6.07, 6.45) is 1.13. The van der Waals surface area contributed by atoms with E-state index in [0.29, 0.717) is 18.2 Å². The van der Waals surface area contributed by atoms with Crippen LogP contribution < -0.4 is 10.6 Å². The number of carbonyl (C=O) groups is 2. The molecule has 5 nitrogen and oxygen atoms in total. The van der Waals surface area contributed by atoms with E-state index in [4.69, 9.17) is 10.8 Å². The Morgan fingerprint density at radius 3 is 2.33 bits per heavy atom. The summed E-state index contributed by atoms with van der Waals surface area (Å²) in [7, 11) is 0. The third-order valence-corrected chi connectivity index (χ3v) is 3.26. The molecule has 0 bridgehead atoms. The van der Waals surface area contributed by atoms with Gasteiger partial charge in [-0.15, -0.1) is 0 Å². The number of hydrogen-bond donors (Lipinski definition) is 2. The number of hydrogen-bond acceptors (Lipinski definition) is 3. The molecule has 116 valence electrons. The lowest BCUT2D eigenvalue weighted by atomic mass is 9.93. The first-order valence-corrected chi connectivity index (χ1v) is 7.21.